The normalized spacial score (nSPS) is 9.18. The van der Waals surface area contributed by atoms with Crippen molar-refractivity contribution in [3.05, 3.63) is 121 Å². The molecule has 0 bridgehead atoms. The third-order valence-corrected chi connectivity index (χ3v) is 4.36. The molecule has 34 heavy (non-hydrogen) atoms. The van der Waals surface area contributed by atoms with Gasteiger partial charge in [0, 0.05) is 23.2 Å². The van der Waals surface area contributed by atoms with Gasteiger partial charge in [0.2, 0.25) is 0 Å². The van der Waals surface area contributed by atoms with E-state index in [1.165, 1.54) is 24.3 Å². The first kappa shape index (κ1) is 28.0. The molecule has 0 atom stereocenters. The smallest absolute Gasteiger partial charge is 0.545 e. The Bertz CT molecular complexity index is 1230. The van der Waals surface area contributed by atoms with E-state index in [0.717, 1.165) is 21.8 Å². The first-order valence-corrected chi connectivity index (χ1v) is 9.67. The maximum absolute atomic E-state index is 10.1. The standard InChI is InChI=1S/C12H8N2.2C7H6O2.H2O.Zn/c1-3-9-5-6-10-4-2-8-14-12(10)11(9)13-7-1;2*8-7(9)6-4-2-1-3-5-6;;/h1-8H;2*1-5H,(H,8,9);1H2;/q;;;;+2/p-1. The van der Waals surface area contributed by atoms with Crippen LogP contribution in [0.25, 0.3) is 21.8 Å². The van der Waals surface area contributed by atoms with Crippen LogP contribution in [0.2, 0.25) is 0 Å². The Morgan fingerprint density at radius 2 is 0.882 bits per heavy atom. The Morgan fingerprint density at radius 3 is 1.18 bits per heavy atom. The summed E-state index contributed by atoms with van der Waals surface area (Å²) >= 11 is 0. The Balaban J connectivity index is 0.000000258. The third-order valence-electron chi connectivity index (χ3n) is 4.36. The van der Waals surface area contributed by atoms with E-state index in [4.69, 9.17) is 0 Å². The number of hydrogen-bond donors (Lipinski definition) is 0. The van der Waals surface area contributed by atoms with Crippen molar-refractivity contribution in [2.75, 3.05) is 0 Å². The zero-order chi connectivity index (χ0) is 22.8. The molecule has 0 saturated heterocycles. The Morgan fingerprint density at radius 1 is 0.529 bits per heavy atom. The van der Waals surface area contributed by atoms with Crippen LogP contribution in [0.4, 0.5) is 0 Å². The number of nitrogens with zero attached hydrogens (tertiary/aromatic N) is 2. The molecular formula is C26H21N2O5Zn+. The molecule has 0 aliphatic rings. The Kier molecular flexibility index (Phi) is 11.7. The molecule has 0 fully saturated rings. The monoisotopic (exact) mass is 505 g/mol. The van der Waals surface area contributed by atoms with Gasteiger partial charge in [0.05, 0.1) is 23.0 Å². The predicted octanol–water partition coefficient (Wildman–Crippen LogP) is 1.96. The van der Waals surface area contributed by atoms with Crippen LogP contribution in [0.15, 0.2) is 109 Å². The molecule has 0 spiro atoms. The quantitative estimate of drug-likeness (QED) is 0.204. The van der Waals surface area contributed by atoms with Gasteiger partial charge in [-0.2, -0.15) is 0 Å². The van der Waals surface area contributed by atoms with Gasteiger partial charge in [-0.25, -0.2) is 0 Å². The first-order chi connectivity index (χ1) is 15.6. The molecule has 7 nitrogen and oxygen atoms in total. The summed E-state index contributed by atoms with van der Waals surface area (Å²) in [6.45, 7) is 0. The molecule has 2 heterocycles. The summed E-state index contributed by atoms with van der Waals surface area (Å²) in [6.07, 6.45) is 3.60. The average molecular weight is 507 g/mol. The number of rotatable bonds is 2. The molecule has 3 N–H and O–H groups in total. The van der Waals surface area contributed by atoms with E-state index in [1.54, 1.807) is 48.8 Å². The molecule has 3 aromatic carbocycles. The molecular weight excluding hydrogens is 486 g/mol. The van der Waals surface area contributed by atoms with Crippen LogP contribution in [-0.2, 0) is 25.0 Å². The molecule has 0 saturated carbocycles. The van der Waals surface area contributed by atoms with Crippen molar-refractivity contribution in [2.24, 2.45) is 0 Å². The number of hydrogen-bond acceptors (Lipinski definition) is 6. The van der Waals surface area contributed by atoms with Crippen LogP contribution in [0.5, 0.6) is 0 Å². The SMILES string of the molecule is O=C([O-])c1ccccc1.O=C([O-])c1ccccc1.[OH3+].[Zn+2].c1cnc2c(c1)ccc1cccnc12. The fraction of sp³-hybridized carbons (Fsp3) is 0. The van der Waals surface area contributed by atoms with Gasteiger partial charge in [-0.3, -0.25) is 9.97 Å². The van der Waals surface area contributed by atoms with Gasteiger partial charge in [0.1, 0.15) is 0 Å². The fourth-order valence-corrected chi connectivity index (χ4v) is 2.83. The van der Waals surface area contributed by atoms with Gasteiger partial charge < -0.3 is 25.3 Å². The second-order valence-corrected chi connectivity index (χ2v) is 6.52. The Labute approximate surface area is 208 Å². The molecule has 0 unspecified atom stereocenters. The van der Waals surface area contributed by atoms with Crippen LogP contribution < -0.4 is 10.2 Å². The predicted molar refractivity (Wildman–Crippen MR) is 123 cm³/mol. The zero-order valence-electron chi connectivity index (χ0n) is 18.2. The molecule has 166 valence electrons. The van der Waals surface area contributed by atoms with E-state index in [-0.39, 0.29) is 36.1 Å². The number of aromatic carboxylic acids is 2. The fourth-order valence-electron chi connectivity index (χ4n) is 2.83. The van der Waals surface area contributed by atoms with Crippen molar-refractivity contribution in [3.63, 3.8) is 0 Å². The summed E-state index contributed by atoms with van der Waals surface area (Å²) < 4.78 is 0. The van der Waals surface area contributed by atoms with Crippen molar-refractivity contribution in [1.29, 1.82) is 0 Å². The van der Waals surface area contributed by atoms with E-state index >= 15 is 0 Å². The first-order valence-electron chi connectivity index (χ1n) is 9.67. The second-order valence-electron chi connectivity index (χ2n) is 6.52. The van der Waals surface area contributed by atoms with E-state index in [1.807, 2.05) is 12.1 Å². The number of carboxylic acids is 2. The number of carboxylic acid groups (broad SMARTS) is 2. The summed E-state index contributed by atoms with van der Waals surface area (Å²) in [5.41, 5.74) is 2.39. The summed E-state index contributed by atoms with van der Waals surface area (Å²) in [7, 11) is 0. The molecule has 5 rings (SSSR count). The molecule has 0 aliphatic carbocycles. The van der Waals surface area contributed by atoms with Gasteiger partial charge >= 0.3 is 19.5 Å². The minimum atomic E-state index is -1.13. The maximum Gasteiger partial charge on any atom is 2.00 e. The number of pyridine rings is 2. The number of fused-ring (bicyclic) bond motifs is 3. The zero-order valence-corrected chi connectivity index (χ0v) is 21.2. The van der Waals surface area contributed by atoms with Crippen LogP contribution in [0.1, 0.15) is 20.7 Å². The summed E-state index contributed by atoms with van der Waals surface area (Å²) in [5, 5.41) is 22.5. The molecule has 0 radical (unpaired) electrons. The van der Waals surface area contributed by atoms with Crippen molar-refractivity contribution in [2.45, 2.75) is 0 Å². The second kappa shape index (κ2) is 14.2. The third kappa shape index (κ3) is 7.85. The molecule has 8 heteroatoms. The number of carbonyl (C=O) groups is 2. The van der Waals surface area contributed by atoms with Gasteiger partial charge in [-0.05, 0) is 23.3 Å². The molecule has 0 amide bonds. The summed E-state index contributed by atoms with van der Waals surface area (Å²) in [5.74, 6) is -2.26. The summed E-state index contributed by atoms with van der Waals surface area (Å²) in [6, 6.07) is 28.3. The minimum absolute atomic E-state index is 0. The number of carbonyl (C=O) groups excluding carboxylic acids is 2. The minimum Gasteiger partial charge on any atom is -0.545 e. The van der Waals surface area contributed by atoms with Crippen molar-refractivity contribution >= 4 is 33.7 Å². The summed E-state index contributed by atoms with van der Waals surface area (Å²) in [4.78, 5) is 28.9. The largest absolute Gasteiger partial charge is 2.00 e. The van der Waals surface area contributed by atoms with Gasteiger partial charge in [-0.1, -0.05) is 84.9 Å². The Hall–Kier alpha value is -4.00. The topological polar surface area (TPSA) is 139 Å². The van der Waals surface area contributed by atoms with E-state index in [2.05, 4.69) is 34.2 Å². The maximum atomic E-state index is 10.1. The molecule has 5 aromatic rings. The van der Waals surface area contributed by atoms with E-state index in [9.17, 15) is 19.8 Å². The van der Waals surface area contributed by atoms with Crippen molar-refractivity contribution < 1.29 is 44.8 Å². The van der Waals surface area contributed by atoms with Gasteiger partial charge in [0.25, 0.3) is 0 Å². The number of benzene rings is 3. The van der Waals surface area contributed by atoms with Crippen LogP contribution >= 0.6 is 0 Å². The van der Waals surface area contributed by atoms with Crippen LogP contribution in [0, 0.1) is 0 Å². The van der Waals surface area contributed by atoms with Crippen molar-refractivity contribution in [3.8, 4) is 0 Å². The van der Waals surface area contributed by atoms with Crippen molar-refractivity contribution in [1.82, 2.24) is 9.97 Å². The van der Waals surface area contributed by atoms with E-state index in [0.29, 0.717) is 0 Å². The van der Waals surface area contributed by atoms with Gasteiger partial charge in [-0.15, -0.1) is 0 Å². The van der Waals surface area contributed by atoms with Crippen LogP contribution in [0.3, 0.4) is 0 Å². The molecule has 0 aliphatic heterocycles. The number of aromatic nitrogens is 2. The van der Waals surface area contributed by atoms with Gasteiger partial charge in [0.15, 0.2) is 0 Å². The average Bonchev–Trinajstić information content (AvgIpc) is 2.86. The van der Waals surface area contributed by atoms with E-state index < -0.39 is 11.9 Å². The molecule has 2 aromatic heterocycles. The van der Waals surface area contributed by atoms with Crippen LogP contribution in [-0.4, -0.2) is 21.9 Å².